The molecule has 0 unspecified atom stereocenters. The Morgan fingerprint density at radius 2 is 1.52 bits per heavy atom. The number of nitrogens with one attached hydrogen (secondary N) is 2. The van der Waals surface area contributed by atoms with Crippen molar-refractivity contribution in [2.75, 3.05) is 42.8 Å². The largest absolute Gasteiger partial charge is 0.497 e. The van der Waals surface area contributed by atoms with Crippen LogP contribution in [0.5, 0.6) is 11.5 Å². The first-order chi connectivity index (χ1) is 14.2. The number of rotatable bonds is 9. The van der Waals surface area contributed by atoms with Gasteiger partial charge in [0, 0.05) is 36.6 Å². The summed E-state index contributed by atoms with van der Waals surface area (Å²) in [5.41, 5.74) is 2.96. The summed E-state index contributed by atoms with van der Waals surface area (Å²) >= 11 is 0. The van der Waals surface area contributed by atoms with E-state index in [1.165, 1.54) is 12.0 Å². The average molecular weight is 393 g/mol. The molecule has 2 N–H and O–H groups in total. The number of aromatic nitrogens is 2. The molecule has 0 aliphatic heterocycles. The van der Waals surface area contributed by atoms with Gasteiger partial charge in [-0.15, -0.1) is 0 Å². The highest BCUT2D eigenvalue weighted by molar-refractivity contribution is 5.68. The highest BCUT2D eigenvalue weighted by Crippen LogP contribution is 2.31. The Kier molecular flexibility index (Phi) is 6.73. The van der Waals surface area contributed by atoms with Gasteiger partial charge < -0.3 is 25.0 Å². The zero-order chi connectivity index (χ0) is 20.6. The maximum atomic E-state index is 5.43. The zero-order valence-corrected chi connectivity index (χ0v) is 17.3. The average Bonchev–Trinajstić information content (AvgIpc) is 2.76. The molecule has 2 aromatic carbocycles. The van der Waals surface area contributed by atoms with Crippen LogP contribution < -0.4 is 25.0 Å². The second-order valence-corrected chi connectivity index (χ2v) is 6.32. The van der Waals surface area contributed by atoms with Crippen molar-refractivity contribution in [2.24, 2.45) is 0 Å². The second kappa shape index (κ2) is 9.64. The summed E-state index contributed by atoms with van der Waals surface area (Å²) in [6, 6.07) is 15.7. The number of nitrogens with zero attached hydrogens (tertiary/aromatic N) is 3. The number of benzene rings is 2. The quantitative estimate of drug-likeness (QED) is 0.540. The van der Waals surface area contributed by atoms with Crippen LogP contribution in [-0.4, -0.2) is 37.3 Å². The normalized spacial score (nSPS) is 10.3. The summed E-state index contributed by atoms with van der Waals surface area (Å²) in [5, 5.41) is 6.58. The molecule has 0 spiro atoms. The fraction of sp³-hybridized carbons (Fsp3) is 0.273. The van der Waals surface area contributed by atoms with Crippen molar-refractivity contribution in [2.45, 2.75) is 13.8 Å². The molecule has 0 aliphatic carbocycles. The van der Waals surface area contributed by atoms with Crippen LogP contribution in [0.15, 0.2) is 54.9 Å². The van der Waals surface area contributed by atoms with E-state index in [-0.39, 0.29) is 0 Å². The van der Waals surface area contributed by atoms with E-state index in [1.807, 2.05) is 24.3 Å². The molecule has 152 valence electrons. The molecule has 29 heavy (non-hydrogen) atoms. The number of methoxy groups -OCH3 is 2. The van der Waals surface area contributed by atoms with Crippen LogP contribution in [0.25, 0.3) is 0 Å². The number of hydrogen-bond donors (Lipinski definition) is 2. The molecule has 0 saturated heterocycles. The monoisotopic (exact) mass is 393 g/mol. The van der Waals surface area contributed by atoms with Crippen molar-refractivity contribution in [3.63, 3.8) is 0 Å². The van der Waals surface area contributed by atoms with E-state index in [2.05, 4.69) is 63.6 Å². The van der Waals surface area contributed by atoms with Crippen LogP contribution in [0.3, 0.4) is 0 Å². The van der Waals surface area contributed by atoms with Gasteiger partial charge in [0.05, 0.1) is 19.9 Å². The fourth-order valence-electron chi connectivity index (χ4n) is 3.03. The van der Waals surface area contributed by atoms with Gasteiger partial charge in [0.2, 0.25) is 0 Å². The molecule has 0 bridgehead atoms. The van der Waals surface area contributed by atoms with Crippen molar-refractivity contribution in [1.29, 1.82) is 0 Å². The number of anilines is 5. The molecule has 7 heteroatoms. The Morgan fingerprint density at radius 3 is 2.14 bits per heavy atom. The second-order valence-electron chi connectivity index (χ2n) is 6.32. The first-order valence-corrected chi connectivity index (χ1v) is 9.60. The van der Waals surface area contributed by atoms with Crippen LogP contribution in [0.2, 0.25) is 0 Å². The SMILES string of the molecule is CCN(CC)c1ccc(Nc2cc(Nc3ccc(OC)cc3OC)ncn2)cc1. The van der Waals surface area contributed by atoms with Gasteiger partial charge in [-0.1, -0.05) is 0 Å². The van der Waals surface area contributed by atoms with Gasteiger partial charge in [-0.05, 0) is 50.2 Å². The number of hydrogen-bond acceptors (Lipinski definition) is 7. The minimum Gasteiger partial charge on any atom is -0.497 e. The highest BCUT2D eigenvalue weighted by atomic mass is 16.5. The number of ether oxygens (including phenoxy) is 2. The van der Waals surface area contributed by atoms with Crippen LogP contribution in [0.1, 0.15) is 13.8 Å². The Labute approximate surface area is 171 Å². The predicted octanol–water partition coefficient (Wildman–Crippen LogP) is 4.83. The van der Waals surface area contributed by atoms with E-state index in [1.54, 1.807) is 14.2 Å². The summed E-state index contributed by atoms with van der Waals surface area (Å²) in [5.74, 6) is 2.76. The molecule has 0 aliphatic rings. The molecule has 1 aromatic heterocycles. The van der Waals surface area contributed by atoms with Crippen molar-refractivity contribution in [3.8, 4) is 11.5 Å². The fourth-order valence-corrected chi connectivity index (χ4v) is 3.03. The summed E-state index contributed by atoms with van der Waals surface area (Å²) in [6.07, 6.45) is 1.52. The van der Waals surface area contributed by atoms with Crippen LogP contribution >= 0.6 is 0 Å². The lowest BCUT2D eigenvalue weighted by atomic mass is 10.2. The Morgan fingerprint density at radius 1 is 0.828 bits per heavy atom. The molecule has 0 fully saturated rings. The van der Waals surface area contributed by atoms with E-state index >= 15 is 0 Å². The minimum absolute atomic E-state index is 0.658. The van der Waals surface area contributed by atoms with E-state index < -0.39 is 0 Å². The van der Waals surface area contributed by atoms with E-state index in [0.29, 0.717) is 17.4 Å². The third-order valence-electron chi connectivity index (χ3n) is 4.61. The van der Waals surface area contributed by atoms with E-state index in [4.69, 9.17) is 9.47 Å². The lowest BCUT2D eigenvalue weighted by Crippen LogP contribution is -2.21. The molecular weight excluding hydrogens is 366 g/mol. The molecule has 3 aromatic rings. The Hall–Kier alpha value is -3.48. The molecule has 0 radical (unpaired) electrons. The van der Waals surface area contributed by atoms with Gasteiger partial charge in [0.1, 0.15) is 29.5 Å². The lowest BCUT2D eigenvalue weighted by Gasteiger charge is -2.21. The van der Waals surface area contributed by atoms with Crippen molar-refractivity contribution < 1.29 is 9.47 Å². The summed E-state index contributed by atoms with van der Waals surface area (Å²) in [7, 11) is 3.24. The van der Waals surface area contributed by atoms with Gasteiger partial charge >= 0.3 is 0 Å². The molecule has 0 amide bonds. The first-order valence-electron chi connectivity index (χ1n) is 9.60. The van der Waals surface area contributed by atoms with Crippen molar-refractivity contribution >= 4 is 28.7 Å². The molecule has 3 rings (SSSR count). The Balaban J connectivity index is 1.73. The minimum atomic E-state index is 0.658. The van der Waals surface area contributed by atoms with E-state index in [9.17, 15) is 0 Å². The van der Waals surface area contributed by atoms with Crippen LogP contribution in [-0.2, 0) is 0 Å². The summed E-state index contributed by atoms with van der Waals surface area (Å²) in [6.45, 7) is 6.28. The Bertz CT molecular complexity index is 927. The van der Waals surface area contributed by atoms with E-state index in [0.717, 1.165) is 30.2 Å². The van der Waals surface area contributed by atoms with Gasteiger partial charge in [-0.25, -0.2) is 9.97 Å². The molecule has 7 nitrogen and oxygen atoms in total. The third-order valence-corrected chi connectivity index (χ3v) is 4.61. The first kappa shape index (κ1) is 20.3. The van der Waals surface area contributed by atoms with Gasteiger partial charge in [0.15, 0.2) is 0 Å². The zero-order valence-electron chi connectivity index (χ0n) is 17.3. The topological polar surface area (TPSA) is 71.5 Å². The summed E-state index contributed by atoms with van der Waals surface area (Å²) in [4.78, 5) is 10.9. The molecule has 1 heterocycles. The molecule has 0 saturated carbocycles. The standard InChI is InChI=1S/C22H27N5O2/c1-5-27(6-2)17-9-7-16(8-10-17)25-21-14-22(24-15-23-21)26-19-12-11-18(28-3)13-20(19)29-4/h7-15H,5-6H2,1-4H3,(H2,23,24,25,26). The molecular formula is C22H27N5O2. The van der Waals surface area contributed by atoms with Crippen molar-refractivity contribution in [1.82, 2.24) is 9.97 Å². The lowest BCUT2D eigenvalue weighted by molar-refractivity contribution is 0.395. The molecule has 0 atom stereocenters. The summed E-state index contributed by atoms with van der Waals surface area (Å²) < 4.78 is 10.7. The maximum absolute atomic E-state index is 5.43. The van der Waals surface area contributed by atoms with Crippen LogP contribution in [0, 0.1) is 0 Å². The van der Waals surface area contributed by atoms with Gasteiger partial charge in [0.25, 0.3) is 0 Å². The third kappa shape index (κ3) is 5.07. The van der Waals surface area contributed by atoms with Crippen molar-refractivity contribution in [3.05, 3.63) is 54.9 Å². The predicted molar refractivity (Wildman–Crippen MR) is 118 cm³/mol. The van der Waals surface area contributed by atoms with Crippen LogP contribution in [0.4, 0.5) is 28.7 Å². The van der Waals surface area contributed by atoms with Gasteiger partial charge in [-0.3, -0.25) is 0 Å². The highest BCUT2D eigenvalue weighted by Gasteiger charge is 2.07. The van der Waals surface area contributed by atoms with Gasteiger partial charge in [-0.2, -0.15) is 0 Å². The maximum Gasteiger partial charge on any atom is 0.146 e. The smallest absolute Gasteiger partial charge is 0.146 e.